The lowest BCUT2D eigenvalue weighted by Gasteiger charge is -2.31. The number of nitrogens with one attached hydrogen (secondary N) is 1. The van der Waals surface area contributed by atoms with E-state index < -0.39 is 0 Å². The van der Waals surface area contributed by atoms with Crippen LogP contribution in [0.15, 0.2) is 24.3 Å². The van der Waals surface area contributed by atoms with Crippen molar-refractivity contribution in [3.8, 4) is 0 Å². The predicted molar refractivity (Wildman–Crippen MR) is 108 cm³/mol. The van der Waals surface area contributed by atoms with Gasteiger partial charge < -0.3 is 16.8 Å². The molecule has 152 valence electrons. The summed E-state index contributed by atoms with van der Waals surface area (Å²) in [5, 5.41) is 3.12. The lowest BCUT2D eigenvalue weighted by Crippen LogP contribution is -2.45. The summed E-state index contributed by atoms with van der Waals surface area (Å²) < 4.78 is 0. The monoisotopic (exact) mass is 384 g/mol. The third kappa shape index (κ3) is 4.08. The number of likely N-dealkylation sites (tertiary alicyclic amines) is 1. The maximum atomic E-state index is 12.7. The molecule has 0 aromatic heterocycles. The lowest BCUT2D eigenvalue weighted by atomic mass is 9.84. The second-order valence-electron chi connectivity index (χ2n) is 8.95. The van der Waals surface area contributed by atoms with Gasteiger partial charge in [-0.05, 0) is 61.6 Å². The van der Waals surface area contributed by atoms with E-state index >= 15 is 0 Å². The van der Waals surface area contributed by atoms with Gasteiger partial charge in [-0.3, -0.25) is 14.5 Å². The van der Waals surface area contributed by atoms with Crippen molar-refractivity contribution in [3.05, 3.63) is 35.4 Å². The van der Waals surface area contributed by atoms with E-state index in [9.17, 15) is 9.59 Å². The summed E-state index contributed by atoms with van der Waals surface area (Å²) in [5.41, 5.74) is 14.1. The number of primary amides is 1. The minimum absolute atomic E-state index is 0.0129. The molecule has 1 aromatic carbocycles. The van der Waals surface area contributed by atoms with Gasteiger partial charge in [-0.2, -0.15) is 0 Å². The van der Waals surface area contributed by atoms with E-state index in [1.807, 2.05) is 12.1 Å². The highest BCUT2D eigenvalue weighted by Crippen LogP contribution is 2.47. The van der Waals surface area contributed by atoms with Gasteiger partial charge in [0.1, 0.15) is 0 Å². The van der Waals surface area contributed by atoms with Crippen molar-refractivity contribution >= 4 is 11.8 Å². The average Bonchev–Trinajstić information content (AvgIpc) is 3.28. The summed E-state index contributed by atoms with van der Waals surface area (Å²) in [4.78, 5) is 26.5. The number of hydrogen-bond donors (Lipinski definition) is 3. The van der Waals surface area contributed by atoms with E-state index in [2.05, 4.69) is 22.3 Å². The van der Waals surface area contributed by atoms with Crippen molar-refractivity contribution < 1.29 is 9.59 Å². The molecule has 3 fully saturated rings. The molecule has 4 rings (SSSR count). The van der Waals surface area contributed by atoms with Crippen molar-refractivity contribution in [1.29, 1.82) is 0 Å². The van der Waals surface area contributed by atoms with E-state index in [0.717, 1.165) is 50.9 Å². The first-order valence-electron chi connectivity index (χ1n) is 10.6. The predicted octanol–water partition coefficient (Wildman–Crippen LogP) is 1.37. The van der Waals surface area contributed by atoms with Crippen molar-refractivity contribution in [2.24, 2.45) is 35.1 Å². The molecule has 0 radical (unpaired) electrons. The lowest BCUT2D eigenvalue weighted by molar-refractivity contribution is -0.127. The fourth-order valence-corrected chi connectivity index (χ4v) is 5.56. The smallest absolute Gasteiger partial charge is 0.225 e. The molecular weight excluding hydrogens is 352 g/mol. The van der Waals surface area contributed by atoms with Crippen LogP contribution in [0.3, 0.4) is 0 Å². The quantitative estimate of drug-likeness (QED) is 0.689. The molecule has 1 aliphatic heterocycles. The van der Waals surface area contributed by atoms with Crippen LogP contribution in [0.2, 0.25) is 0 Å². The van der Waals surface area contributed by atoms with Gasteiger partial charge in [0.25, 0.3) is 0 Å². The molecule has 1 heterocycles. The number of carbonyl (C=O) groups is 2. The summed E-state index contributed by atoms with van der Waals surface area (Å²) >= 11 is 0. The normalized spacial score (nSPS) is 32.4. The first kappa shape index (κ1) is 19.4. The van der Waals surface area contributed by atoms with E-state index in [4.69, 9.17) is 11.5 Å². The van der Waals surface area contributed by atoms with Crippen LogP contribution >= 0.6 is 0 Å². The zero-order chi connectivity index (χ0) is 19.7. The highest BCUT2D eigenvalue weighted by molar-refractivity contribution is 5.80. The maximum Gasteiger partial charge on any atom is 0.225 e. The molecule has 5 unspecified atom stereocenters. The Kier molecular flexibility index (Phi) is 5.69. The summed E-state index contributed by atoms with van der Waals surface area (Å²) in [6.45, 7) is 3.07. The molecule has 5 atom stereocenters. The summed E-state index contributed by atoms with van der Waals surface area (Å²) in [6, 6.07) is 8.37. The zero-order valence-corrected chi connectivity index (χ0v) is 16.5. The van der Waals surface area contributed by atoms with E-state index in [-0.39, 0.29) is 29.7 Å². The highest BCUT2D eigenvalue weighted by atomic mass is 16.2. The summed E-state index contributed by atoms with van der Waals surface area (Å²) in [5.74, 6) is 0.884. The minimum atomic E-state index is -0.194. The van der Waals surface area contributed by atoms with E-state index in [0.29, 0.717) is 18.4 Å². The Balaban J connectivity index is 1.31. The van der Waals surface area contributed by atoms with Crippen molar-refractivity contribution in [2.75, 3.05) is 13.1 Å². The summed E-state index contributed by atoms with van der Waals surface area (Å²) in [7, 11) is 0. The van der Waals surface area contributed by atoms with Gasteiger partial charge in [0.2, 0.25) is 11.8 Å². The largest absolute Gasteiger partial charge is 0.369 e. The summed E-state index contributed by atoms with van der Waals surface area (Å²) in [6.07, 6.45) is 5.35. The Morgan fingerprint density at radius 3 is 2.68 bits per heavy atom. The van der Waals surface area contributed by atoms with Crippen LogP contribution in [0.4, 0.5) is 0 Å². The number of fused-ring (bicyclic) bond motifs is 2. The number of nitrogens with two attached hydrogens (primary N) is 2. The molecule has 2 saturated carbocycles. The third-order valence-corrected chi connectivity index (χ3v) is 7.06. The van der Waals surface area contributed by atoms with Crippen molar-refractivity contribution in [1.82, 2.24) is 10.2 Å². The molecule has 2 aliphatic carbocycles. The van der Waals surface area contributed by atoms with Crippen molar-refractivity contribution in [3.63, 3.8) is 0 Å². The standard InChI is InChI=1S/C22H32N4O2/c23-20-17-7-6-16(10-17)19(20)22(28)25-11-14-3-1-4-15(9-14)12-26-8-2-5-18(13-26)21(24)27/h1,3-4,9,16-20H,2,5-8,10-13,23H2,(H2,24,27)(H,25,28). The van der Waals surface area contributed by atoms with Gasteiger partial charge >= 0.3 is 0 Å². The van der Waals surface area contributed by atoms with Gasteiger partial charge in [-0.1, -0.05) is 24.3 Å². The van der Waals surface area contributed by atoms with Gasteiger partial charge in [-0.15, -0.1) is 0 Å². The molecule has 28 heavy (non-hydrogen) atoms. The number of nitrogens with zero attached hydrogens (tertiary/aromatic N) is 1. The zero-order valence-electron chi connectivity index (χ0n) is 16.5. The number of benzene rings is 1. The van der Waals surface area contributed by atoms with Crippen LogP contribution in [-0.4, -0.2) is 35.8 Å². The van der Waals surface area contributed by atoms with Crippen LogP contribution in [0.5, 0.6) is 0 Å². The molecule has 2 bridgehead atoms. The van der Waals surface area contributed by atoms with E-state index in [1.54, 1.807) is 0 Å². The number of carbonyl (C=O) groups excluding carboxylic acids is 2. The molecule has 6 heteroatoms. The molecule has 1 aromatic rings. The molecule has 3 aliphatic rings. The van der Waals surface area contributed by atoms with Gasteiger partial charge in [-0.25, -0.2) is 0 Å². The second kappa shape index (κ2) is 8.21. The Labute approximate surface area is 167 Å². The van der Waals surface area contributed by atoms with Gasteiger partial charge in [0, 0.05) is 25.7 Å². The molecular formula is C22H32N4O2. The Morgan fingerprint density at radius 2 is 1.93 bits per heavy atom. The SMILES string of the molecule is NC(=O)C1CCCN(Cc2cccc(CNC(=O)C3C4CCC(C4)C3N)c2)C1. The molecule has 6 nitrogen and oxygen atoms in total. The van der Waals surface area contributed by atoms with Gasteiger partial charge in [0.05, 0.1) is 11.8 Å². The Bertz CT molecular complexity index is 735. The average molecular weight is 385 g/mol. The van der Waals surface area contributed by atoms with Crippen molar-refractivity contribution in [2.45, 2.75) is 51.2 Å². The fraction of sp³-hybridized carbons (Fsp3) is 0.636. The first-order valence-corrected chi connectivity index (χ1v) is 10.6. The van der Waals surface area contributed by atoms with Crippen LogP contribution in [0.25, 0.3) is 0 Å². The second-order valence-corrected chi connectivity index (χ2v) is 8.95. The topological polar surface area (TPSA) is 101 Å². The molecule has 1 saturated heterocycles. The van der Waals surface area contributed by atoms with Gasteiger partial charge in [0.15, 0.2) is 0 Å². The molecule has 0 spiro atoms. The first-order chi connectivity index (χ1) is 13.5. The number of hydrogen-bond acceptors (Lipinski definition) is 4. The maximum absolute atomic E-state index is 12.7. The molecule has 5 N–H and O–H groups in total. The number of rotatable bonds is 6. The number of piperidine rings is 1. The van der Waals surface area contributed by atoms with Crippen LogP contribution in [-0.2, 0) is 22.7 Å². The third-order valence-electron chi connectivity index (χ3n) is 7.06. The Morgan fingerprint density at radius 1 is 1.14 bits per heavy atom. The fourth-order valence-electron chi connectivity index (χ4n) is 5.56. The van der Waals surface area contributed by atoms with Crippen LogP contribution < -0.4 is 16.8 Å². The molecule has 2 amide bonds. The van der Waals surface area contributed by atoms with Crippen LogP contribution in [0, 0.1) is 23.7 Å². The minimum Gasteiger partial charge on any atom is -0.369 e. The van der Waals surface area contributed by atoms with Crippen LogP contribution in [0.1, 0.15) is 43.2 Å². The highest BCUT2D eigenvalue weighted by Gasteiger charge is 2.48. The Hall–Kier alpha value is -1.92. The van der Waals surface area contributed by atoms with E-state index in [1.165, 1.54) is 12.0 Å². The number of amides is 2.